The molecule has 1 unspecified atom stereocenters. The first-order chi connectivity index (χ1) is 17.9. The van der Waals surface area contributed by atoms with E-state index in [0.717, 1.165) is 46.5 Å². The van der Waals surface area contributed by atoms with Crippen LogP contribution in [0.4, 0.5) is 5.69 Å². The van der Waals surface area contributed by atoms with Crippen molar-refractivity contribution < 1.29 is 19.1 Å². The number of benzene rings is 3. The maximum atomic E-state index is 14.5. The number of hydrogen-bond donors (Lipinski definition) is 1. The average Bonchev–Trinajstić information content (AvgIpc) is 3.35. The number of fused-ring (bicyclic) bond motifs is 2. The minimum Gasteiger partial charge on any atom is -0.496 e. The number of anilines is 1. The van der Waals surface area contributed by atoms with E-state index in [9.17, 15) is 9.59 Å². The Labute approximate surface area is 226 Å². The van der Waals surface area contributed by atoms with Crippen LogP contribution in [0.5, 0.6) is 11.5 Å². The molecular weight excluding hydrogens is 532 g/mol. The van der Waals surface area contributed by atoms with Crippen LogP contribution in [0.25, 0.3) is 10.8 Å². The van der Waals surface area contributed by atoms with Crippen LogP contribution < -0.4 is 19.7 Å². The van der Waals surface area contributed by atoms with Gasteiger partial charge in [0.05, 0.1) is 19.3 Å². The zero-order valence-electron chi connectivity index (χ0n) is 21.6. The summed E-state index contributed by atoms with van der Waals surface area (Å²) in [5, 5.41) is 5.18. The lowest BCUT2D eigenvalue weighted by atomic mass is 9.90. The number of carbonyl (C=O) groups excluding carboxylic acids is 2. The van der Waals surface area contributed by atoms with Gasteiger partial charge in [0.15, 0.2) is 0 Å². The Balaban J connectivity index is 1.64. The second-order valence-electron chi connectivity index (χ2n) is 10.1. The SMILES string of the molecule is CC[C@@H](C)C(=O)NC1C(=O)N(Cc2c(OC)ccc3cc(Br)ccc23)c2ccccc2OC12CCCC2. The molecule has 6 nitrogen and oxygen atoms in total. The van der Waals surface area contributed by atoms with E-state index < -0.39 is 11.6 Å². The third kappa shape index (κ3) is 4.70. The van der Waals surface area contributed by atoms with Crippen molar-refractivity contribution in [1.29, 1.82) is 0 Å². The van der Waals surface area contributed by atoms with E-state index in [1.54, 1.807) is 12.0 Å². The van der Waals surface area contributed by atoms with Crippen LogP contribution in [0.1, 0.15) is 51.5 Å². The van der Waals surface area contributed by atoms with Crippen LogP contribution >= 0.6 is 15.9 Å². The van der Waals surface area contributed by atoms with Crippen LogP contribution in [0.2, 0.25) is 0 Å². The number of nitrogens with one attached hydrogen (secondary N) is 1. The lowest BCUT2D eigenvalue weighted by Crippen LogP contribution is -2.61. The highest BCUT2D eigenvalue weighted by molar-refractivity contribution is 9.10. The normalized spacial score (nSPS) is 19.3. The minimum absolute atomic E-state index is 0.116. The summed E-state index contributed by atoms with van der Waals surface area (Å²) in [4.78, 5) is 29.4. The summed E-state index contributed by atoms with van der Waals surface area (Å²) in [6, 6.07) is 17.0. The molecule has 194 valence electrons. The molecule has 1 N–H and O–H groups in total. The number of para-hydroxylation sites is 2. The fourth-order valence-electron chi connectivity index (χ4n) is 5.59. The van der Waals surface area contributed by atoms with E-state index in [1.807, 2.05) is 62.4 Å². The second-order valence-corrected chi connectivity index (χ2v) is 11.0. The highest BCUT2D eigenvalue weighted by Crippen LogP contribution is 2.45. The average molecular weight is 566 g/mol. The zero-order chi connectivity index (χ0) is 26.2. The van der Waals surface area contributed by atoms with Crippen molar-refractivity contribution >= 4 is 44.2 Å². The zero-order valence-corrected chi connectivity index (χ0v) is 23.1. The number of halogens is 1. The molecule has 1 saturated carbocycles. The molecule has 1 aliphatic carbocycles. The molecule has 2 atom stereocenters. The lowest BCUT2D eigenvalue weighted by molar-refractivity contribution is -0.134. The smallest absolute Gasteiger partial charge is 0.254 e. The van der Waals surface area contributed by atoms with Gasteiger partial charge in [-0.1, -0.05) is 54.0 Å². The Kier molecular flexibility index (Phi) is 7.17. The number of rotatable bonds is 6. The van der Waals surface area contributed by atoms with Gasteiger partial charge in [0.2, 0.25) is 5.91 Å². The molecule has 1 aliphatic heterocycles. The fourth-order valence-corrected chi connectivity index (χ4v) is 5.97. The van der Waals surface area contributed by atoms with Gasteiger partial charge in [-0.15, -0.1) is 0 Å². The van der Waals surface area contributed by atoms with E-state index in [2.05, 4.69) is 27.3 Å². The van der Waals surface area contributed by atoms with Gasteiger partial charge < -0.3 is 19.7 Å². The molecule has 37 heavy (non-hydrogen) atoms. The van der Waals surface area contributed by atoms with Gasteiger partial charge in [-0.3, -0.25) is 9.59 Å². The van der Waals surface area contributed by atoms with Crippen LogP contribution in [0.3, 0.4) is 0 Å². The summed E-state index contributed by atoms with van der Waals surface area (Å²) in [6.45, 7) is 4.16. The molecule has 0 aromatic heterocycles. The molecular formula is C30H33BrN2O4. The minimum atomic E-state index is -0.779. The van der Waals surface area contributed by atoms with Crippen molar-refractivity contribution in [2.24, 2.45) is 5.92 Å². The van der Waals surface area contributed by atoms with Gasteiger partial charge in [0, 0.05) is 16.0 Å². The lowest BCUT2D eigenvalue weighted by Gasteiger charge is -2.36. The summed E-state index contributed by atoms with van der Waals surface area (Å²) in [5.41, 5.74) is 0.846. The third-order valence-corrected chi connectivity index (χ3v) is 8.38. The quantitative estimate of drug-likeness (QED) is 0.377. The molecule has 1 spiro atoms. The predicted octanol–water partition coefficient (Wildman–Crippen LogP) is 6.38. The topological polar surface area (TPSA) is 67.9 Å². The maximum Gasteiger partial charge on any atom is 0.254 e. The van der Waals surface area contributed by atoms with E-state index in [-0.39, 0.29) is 24.3 Å². The van der Waals surface area contributed by atoms with Gasteiger partial charge in [0.1, 0.15) is 23.1 Å². The monoisotopic (exact) mass is 564 g/mol. The molecule has 1 fully saturated rings. The summed E-state index contributed by atoms with van der Waals surface area (Å²) < 4.78 is 13.5. The first-order valence-corrected chi connectivity index (χ1v) is 13.8. The molecule has 3 aromatic carbocycles. The highest BCUT2D eigenvalue weighted by atomic mass is 79.9. The molecule has 5 rings (SSSR count). The number of hydrogen-bond acceptors (Lipinski definition) is 4. The van der Waals surface area contributed by atoms with Crippen LogP contribution in [-0.4, -0.2) is 30.6 Å². The van der Waals surface area contributed by atoms with Crippen molar-refractivity contribution in [3.63, 3.8) is 0 Å². The molecule has 0 bridgehead atoms. The first-order valence-electron chi connectivity index (χ1n) is 13.0. The summed E-state index contributed by atoms with van der Waals surface area (Å²) >= 11 is 3.56. The van der Waals surface area contributed by atoms with Gasteiger partial charge >= 0.3 is 0 Å². The standard InChI is InChI=1S/C30H33BrN2O4/c1-4-19(2)28(34)32-27-29(35)33(24-9-5-6-10-26(24)37-30(27)15-7-8-16-30)18-23-22-13-12-21(31)17-20(22)11-14-25(23)36-3/h5-6,9-14,17,19,27H,4,7-8,15-16,18H2,1-3H3,(H,32,34)/t19-,27?/m1/s1. The van der Waals surface area contributed by atoms with Crippen molar-refractivity contribution in [2.75, 3.05) is 12.0 Å². The molecule has 3 aromatic rings. The summed E-state index contributed by atoms with van der Waals surface area (Å²) in [7, 11) is 1.65. The van der Waals surface area contributed by atoms with Crippen molar-refractivity contribution in [1.82, 2.24) is 5.32 Å². The summed E-state index contributed by atoms with van der Waals surface area (Å²) in [6.07, 6.45) is 4.05. The van der Waals surface area contributed by atoms with Crippen LogP contribution in [-0.2, 0) is 16.1 Å². The predicted molar refractivity (Wildman–Crippen MR) is 149 cm³/mol. The van der Waals surface area contributed by atoms with E-state index in [1.165, 1.54) is 0 Å². The van der Waals surface area contributed by atoms with Crippen LogP contribution in [0.15, 0.2) is 59.1 Å². The Morgan fingerprint density at radius 2 is 1.95 bits per heavy atom. The Hall–Kier alpha value is -3.06. The van der Waals surface area contributed by atoms with Gasteiger partial charge in [-0.25, -0.2) is 0 Å². The highest BCUT2D eigenvalue weighted by Gasteiger charge is 2.52. The Bertz CT molecular complexity index is 1330. The van der Waals surface area contributed by atoms with Crippen molar-refractivity contribution in [2.45, 2.75) is 64.1 Å². The Morgan fingerprint density at radius 3 is 2.68 bits per heavy atom. The van der Waals surface area contributed by atoms with Crippen molar-refractivity contribution in [3.05, 3.63) is 64.6 Å². The number of methoxy groups -OCH3 is 1. The fraction of sp³-hybridized carbons (Fsp3) is 0.400. The van der Waals surface area contributed by atoms with E-state index >= 15 is 0 Å². The molecule has 7 heteroatoms. The van der Waals surface area contributed by atoms with E-state index in [4.69, 9.17) is 9.47 Å². The molecule has 0 saturated heterocycles. The van der Waals surface area contributed by atoms with E-state index in [0.29, 0.717) is 23.6 Å². The molecule has 2 aliphatic rings. The molecule has 2 amide bonds. The second kappa shape index (κ2) is 10.4. The maximum absolute atomic E-state index is 14.5. The van der Waals surface area contributed by atoms with Gasteiger partial charge in [-0.2, -0.15) is 0 Å². The van der Waals surface area contributed by atoms with Gasteiger partial charge in [-0.05, 0) is 73.2 Å². The van der Waals surface area contributed by atoms with Crippen LogP contribution in [0, 0.1) is 5.92 Å². The number of carbonyl (C=O) groups is 2. The number of amides is 2. The molecule has 1 heterocycles. The third-order valence-electron chi connectivity index (χ3n) is 7.89. The Morgan fingerprint density at radius 1 is 1.19 bits per heavy atom. The van der Waals surface area contributed by atoms with Crippen molar-refractivity contribution in [3.8, 4) is 11.5 Å². The van der Waals surface area contributed by atoms with Gasteiger partial charge in [0.25, 0.3) is 5.91 Å². The number of ether oxygens (including phenoxy) is 2. The largest absolute Gasteiger partial charge is 0.496 e. The molecule has 0 radical (unpaired) electrons. The first kappa shape index (κ1) is 25.6. The summed E-state index contributed by atoms with van der Waals surface area (Å²) in [5.74, 6) is 0.914. The number of nitrogens with zero attached hydrogens (tertiary/aromatic N) is 1.